The highest BCUT2D eigenvalue weighted by Crippen LogP contribution is 2.40. The van der Waals surface area contributed by atoms with Crippen LogP contribution in [0.3, 0.4) is 0 Å². The van der Waals surface area contributed by atoms with E-state index in [1.807, 2.05) is 0 Å². The van der Waals surface area contributed by atoms with E-state index in [2.05, 4.69) is 122 Å². The second-order valence-corrected chi connectivity index (χ2v) is 13.9. The van der Waals surface area contributed by atoms with Gasteiger partial charge in [0, 0.05) is 11.0 Å². The molecule has 0 bridgehead atoms. The topological polar surface area (TPSA) is 36.9 Å². The van der Waals surface area contributed by atoms with Crippen molar-refractivity contribution in [1.29, 1.82) is 0 Å². The summed E-state index contributed by atoms with van der Waals surface area (Å²) in [6, 6.07) is 23.6. The highest BCUT2D eigenvalue weighted by atomic mass is 16.7. The molecule has 3 aromatic carbocycles. The van der Waals surface area contributed by atoms with E-state index in [-0.39, 0.29) is 0 Å². The predicted molar refractivity (Wildman–Crippen MR) is 191 cm³/mol. The van der Waals surface area contributed by atoms with Crippen LogP contribution in [0.5, 0.6) is 11.5 Å². The lowest BCUT2D eigenvalue weighted by Crippen LogP contribution is -2.41. The zero-order chi connectivity index (χ0) is 32.5. The Morgan fingerprint density at radius 2 is 1.20 bits per heavy atom. The van der Waals surface area contributed by atoms with Gasteiger partial charge < -0.3 is 18.8 Å². The number of benzene rings is 3. The third kappa shape index (κ3) is 8.95. The molecule has 1 fully saturated rings. The molecule has 1 aliphatic rings. The molecular weight excluding hydrogens is 555 g/mol. The lowest BCUT2D eigenvalue weighted by Gasteiger charge is -2.32. The van der Waals surface area contributed by atoms with Gasteiger partial charge in [0.1, 0.15) is 11.5 Å². The minimum atomic E-state index is -0.542. The highest BCUT2D eigenvalue weighted by Gasteiger charge is 2.52. The number of hydrogen-bond donors (Lipinski definition) is 0. The van der Waals surface area contributed by atoms with Gasteiger partial charge in [-0.2, -0.15) is 0 Å². The van der Waals surface area contributed by atoms with Crippen LogP contribution in [0.2, 0.25) is 0 Å². The normalized spacial score (nSPS) is 16.8. The number of hydrogen-bond acceptors (Lipinski definition) is 4. The van der Waals surface area contributed by atoms with Gasteiger partial charge >= 0.3 is 7.12 Å². The SMILES string of the molecule is CCCCC(CC)COc1ccc(-c2cc(B3OC(C)(C)C(C)(C)O3)c(OCC(CC)CCCC)c(-c3ccccc3)c2)cc1. The molecule has 0 N–H and O–H groups in total. The van der Waals surface area contributed by atoms with Crippen molar-refractivity contribution < 1.29 is 18.8 Å². The molecule has 4 nitrogen and oxygen atoms in total. The first-order chi connectivity index (χ1) is 21.6. The van der Waals surface area contributed by atoms with Gasteiger partial charge in [-0.1, -0.05) is 115 Å². The molecule has 1 saturated heterocycles. The molecule has 4 rings (SSSR count). The molecule has 244 valence electrons. The third-order valence-electron chi connectivity index (χ3n) is 9.93. The van der Waals surface area contributed by atoms with Gasteiger partial charge in [-0.05, 0) is 87.3 Å². The maximum absolute atomic E-state index is 6.84. The van der Waals surface area contributed by atoms with Gasteiger partial charge in [-0.3, -0.25) is 0 Å². The highest BCUT2D eigenvalue weighted by molar-refractivity contribution is 6.63. The van der Waals surface area contributed by atoms with Gasteiger partial charge in [-0.15, -0.1) is 0 Å². The molecule has 5 heteroatoms. The van der Waals surface area contributed by atoms with Crippen LogP contribution in [0.15, 0.2) is 66.7 Å². The summed E-state index contributed by atoms with van der Waals surface area (Å²) in [6.07, 6.45) is 9.53. The maximum Gasteiger partial charge on any atom is 0.498 e. The predicted octanol–water partition coefficient (Wildman–Crippen LogP) is 10.5. The summed E-state index contributed by atoms with van der Waals surface area (Å²) in [6.45, 7) is 18.9. The van der Waals surface area contributed by atoms with E-state index in [4.69, 9.17) is 18.8 Å². The molecule has 3 aromatic rings. The van der Waals surface area contributed by atoms with Crippen LogP contribution in [0.1, 0.15) is 107 Å². The lowest BCUT2D eigenvalue weighted by atomic mass is 9.75. The van der Waals surface area contributed by atoms with Crippen molar-refractivity contribution in [3.8, 4) is 33.8 Å². The van der Waals surface area contributed by atoms with Gasteiger partial charge in [0.2, 0.25) is 0 Å². The maximum atomic E-state index is 6.84. The van der Waals surface area contributed by atoms with Crippen LogP contribution in [0, 0.1) is 11.8 Å². The average Bonchev–Trinajstić information content (AvgIpc) is 3.27. The Morgan fingerprint density at radius 3 is 1.73 bits per heavy atom. The molecule has 1 heterocycles. The molecule has 0 aromatic heterocycles. The smallest absolute Gasteiger partial charge is 0.493 e. The summed E-state index contributed by atoms with van der Waals surface area (Å²) in [5, 5.41) is 0. The summed E-state index contributed by atoms with van der Waals surface area (Å²) >= 11 is 0. The molecule has 2 unspecified atom stereocenters. The molecule has 0 saturated carbocycles. The Bertz CT molecular complexity index is 1300. The summed E-state index contributed by atoms with van der Waals surface area (Å²) < 4.78 is 26.4. The fourth-order valence-corrected chi connectivity index (χ4v) is 5.91. The Kier molecular flexibility index (Phi) is 12.6. The second kappa shape index (κ2) is 16.2. The van der Waals surface area contributed by atoms with E-state index in [1.54, 1.807) is 0 Å². The summed E-state index contributed by atoms with van der Waals surface area (Å²) in [4.78, 5) is 0. The zero-order valence-electron chi connectivity index (χ0n) is 29.3. The van der Waals surface area contributed by atoms with Crippen molar-refractivity contribution in [3.63, 3.8) is 0 Å². The molecule has 2 atom stereocenters. The third-order valence-corrected chi connectivity index (χ3v) is 9.93. The van der Waals surface area contributed by atoms with Crippen molar-refractivity contribution in [2.45, 2.75) is 118 Å². The van der Waals surface area contributed by atoms with Crippen molar-refractivity contribution in [1.82, 2.24) is 0 Å². The second-order valence-electron chi connectivity index (χ2n) is 13.9. The Labute approximate surface area is 274 Å². The first kappa shape index (κ1) is 35.1. The average molecular weight is 613 g/mol. The van der Waals surface area contributed by atoms with Gasteiger partial charge in [-0.25, -0.2) is 0 Å². The quantitative estimate of drug-likeness (QED) is 0.142. The van der Waals surface area contributed by atoms with Crippen LogP contribution < -0.4 is 14.9 Å². The van der Waals surface area contributed by atoms with E-state index in [0.717, 1.165) is 58.7 Å². The van der Waals surface area contributed by atoms with Crippen LogP contribution in [0.4, 0.5) is 0 Å². The Balaban J connectivity index is 1.74. The molecular formula is C40H57BO4. The molecule has 0 spiro atoms. The van der Waals surface area contributed by atoms with E-state index in [1.165, 1.54) is 38.5 Å². The van der Waals surface area contributed by atoms with Crippen LogP contribution in [-0.4, -0.2) is 31.5 Å². The summed E-state index contributed by atoms with van der Waals surface area (Å²) in [7, 11) is -0.542. The van der Waals surface area contributed by atoms with Crippen molar-refractivity contribution in [2.75, 3.05) is 13.2 Å². The van der Waals surface area contributed by atoms with Gasteiger partial charge in [0.25, 0.3) is 0 Å². The summed E-state index contributed by atoms with van der Waals surface area (Å²) in [5.74, 6) is 2.88. The first-order valence-corrected chi connectivity index (χ1v) is 17.6. The fourth-order valence-electron chi connectivity index (χ4n) is 5.91. The van der Waals surface area contributed by atoms with Gasteiger partial charge in [0.05, 0.1) is 24.4 Å². The minimum absolute atomic E-state index is 0.461. The minimum Gasteiger partial charge on any atom is -0.493 e. The van der Waals surface area contributed by atoms with E-state index >= 15 is 0 Å². The fraction of sp³-hybridized carbons (Fsp3) is 0.550. The number of rotatable bonds is 17. The van der Waals surface area contributed by atoms with Crippen molar-refractivity contribution in [3.05, 3.63) is 66.7 Å². The number of unbranched alkanes of at least 4 members (excludes halogenated alkanes) is 2. The first-order valence-electron chi connectivity index (χ1n) is 17.6. The molecule has 0 amide bonds. The van der Waals surface area contributed by atoms with Crippen LogP contribution in [-0.2, 0) is 9.31 Å². The van der Waals surface area contributed by atoms with Crippen molar-refractivity contribution in [2.24, 2.45) is 11.8 Å². The van der Waals surface area contributed by atoms with Crippen molar-refractivity contribution >= 4 is 12.6 Å². The Morgan fingerprint density at radius 1 is 0.644 bits per heavy atom. The Hall–Kier alpha value is -2.76. The largest absolute Gasteiger partial charge is 0.498 e. The number of ether oxygens (including phenoxy) is 2. The standard InChI is InChI=1S/C40H57BO4/c1-9-13-18-30(11-3)28-42-35-24-22-32(23-25-35)34-26-36(33-20-16-15-17-21-33)38(43-29-31(12-4)19-14-10-2)37(27-34)41-44-39(5,6)40(7,8)45-41/h15-17,20-27,30-31H,9-14,18-19,28-29H2,1-8H3. The van der Waals surface area contributed by atoms with Crippen LogP contribution in [0.25, 0.3) is 22.3 Å². The van der Waals surface area contributed by atoms with Gasteiger partial charge in [0.15, 0.2) is 0 Å². The lowest BCUT2D eigenvalue weighted by molar-refractivity contribution is 0.00578. The monoisotopic (exact) mass is 612 g/mol. The molecule has 0 radical (unpaired) electrons. The zero-order valence-corrected chi connectivity index (χ0v) is 29.3. The molecule has 0 aliphatic carbocycles. The van der Waals surface area contributed by atoms with E-state index in [9.17, 15) is 0 Å². The van der Waals surface area contributed by atoms with E-state index < -0.39 is 18.3 Å². The molecule has 1 aliphatic heterocycles. The molecule has 45 heavy (non-hydrogen) atoms. The van der Waals surface area contributed by atoms with Crippen LogP contribution >= 0.6 is 0 Å². The van der Waals surface area contributed by atoms with E-state index in [0.29, 0.717) is 18.4 Å². The summed E-state index contributed by atoms with van der Waals surface area (Å²) in [5.41, 5.74) is 4.42.